The predicted molar refractivity (Wildman–Crippen MR) is 120 cm³/mol. The fourth-order valence-corrected chi connectivity index (χ4v) is 3.25. The maximum Gasteiger partial charge on any atom is 0.351 e. The maximum atomic E-state index is 11.9. The topological polar surface area (TPSA) is 336 Å². The van der Waals surface area contributed by atoms with Gasteiger partial charge in [0.2, 0.25) is 0 Å². The normalized spacial score (nSPS) is 22.4. The second-order valence-electron chi connectivity index (χ2n) is 7.41. The van der Waals surface area contributed by atoms with Gasteiger partial charge in [-0.25, -0.2) is 9.59 Å². The number of nitro benzene ring substituents is 3. The Morgan fingerprint density at radius 3 is 2.08 bits per heavy atom. The number of nitrogens with one attached hydrogen (secondary N) is 1. The summed E-state index contributed by atoms with van der Waals surface area (Å²) in [6, 6.07) is 0.00412. The number of aliphatic hydroxyl groups is 3. The number of aromatic nitrogens is 2. The molecule has 21 heteroatoms. The second kappa shape index (κ2) is 11.8. The highest BCUT2D eigenvalue weighted by Crippen LogP contribution is 2.39. The number of carbonyl (C=O) groups excluding carboxylic acids is 1. The number of hydrogen-bond acceptors (Lipinski definition) is 15. The molecule has 38 heavy (non-hydrogen) atoms. The van der Waals surface area contributed by atoms with E-state index in [1.807, 2.05) is 0 Å². The number of phenolic OH excluding ortho intramolecular Hbond substituents is 1. The number of aromatic hydroxyl groups is 1. The first-order valence-corrected chi connectivity index (χ1v) is 10.0. The van der Waals surface area contributed by atoms with Gasteiger partial charge in [-0.05, 0) is 6.07 Å². The molecule has 1 fully saturated rings. The van der Waals surface area contributed by atoms with Crippen molar-refractivity contribution in [2.75, 3.05) is 12.3 Å². The van der Waals surface area contributed by atoms with Crippen LogP contribution in [-0.4, -0.2) is 81.7 Å². The van der Waals surface area contributed by atoms with Gasteiger partial charge < -0.3 is 41.9 Å². The van der Waals surface area contributed by atoms with E-state index in [-0.39, 0.29) is 5.82 Å². The molecule has 9 N–H and O–H groups in total. The number of anilines is 1. The number of phenols is 1. The molecule has 2 heterocycles. The van der Waals surface area contributed by atoms with Crippen molar-refractivity contribution in [2.24, 2.45) is 5.73 Å². The summed E-state index contributed by atoms with van der Waals surface area (Å²) in [5, 5.41) is 71.6. The van der Waals surface area contributed by atoms with E-state index in [2.05, 4.69) is 10.3 Å². The number of rotatable bonds is 6. The van der Waals surface area contributed by atoms with E-state index < -0.39 is 86.5 Å². The monoisotopic (exact) mass is 544 g/mol. The third kappa shape index (κ3) is 6.41. The zero-order valence-corrected chi connectivity index (χ0v) is 18.8. The molecular formula is C17H20N8O13. The summed E-state index contributed by atoms with van der Waals surface area (Å²) < 4.78 is 6.36. The lowest BCUT2D eigenvalue weighted by atomic mass is 9.96. The third-order valence-electron chi connectivity index (χ3n) is 4.99. The molecule has 0 bridgehead atoms. The van der Waals surface area contributed by atoms with Crippen molar-refractivity contribution in [3.63, 3.8) is 0 Å². The van der Waals surface area contributed by atoms with Crippen molar-refractivity contribution in [1.29, 1.82) is 0 Å². The lowest BCUT2D eigenvalue weighted by Gasteiger charge is -2.42. The average molecular weight is 544 g/mol. The largest absolute Gasteiger partial charge is 0.497 e. The van der Waals surface area contributed by atoms with Gasteiger partial charge in [0.15, 0.2) is 6.23 Å². The highest BCUT2D eigenvalue weighted by Gasteiger charge is 2.46. The number of ether oxygens (including phenoxy) is 1. The summed E-state index contributed by atoms with van der Waals surface area (Å²) in [5.74, 6) is -1.23. The number of nitrogens with two attached hydrogens (primary N) is 2. The van der Waals surface area contributed by atoms with Crippen molar-refractivity contribution < 1.29 is 44.7 Å². The summed E-state index contributed by atoms with van der Waals surface area (Å²) in [6.07, 6.45) is -4.13. The molecule has 0 spiro atoms. The summed E-state index contributed by atoms with van der Waals surface area (Å²) >= 11 is 0. The highest BCUT2D eigenvalue weighted by atomic mass is 16.6. The number of carbonyl (C=O) groups is 1. The van der Waals surface area contributed by atoms with Gasteiger partial charge in [-0.1, -0.05) is 0 Å². The van der Waals surface area contributed by atoms with E-state index in [1.165, 1.54) is 12.3 Å². The first-order chi connectivity index (χ1) is 17.7. The number of primary amides is 1. The molecule has 5 atom stereocenters. The molecule has 0 radical (unpaired) electrons. The number of hydrogen-bond donors (Lipinski definition) is 7. The minimum absolute atomic E-state index is 0.0178. The number of benzene rings is 1. The van der Waals surface area contributed by atoms with Crippen LogP contribution in [0.2, 0.25) is 0 Å². The number of urea groups is 1. The Kier molecular flexibility index (Phi) is 9.10. The summed E-state index contributed by atoms with van der Waals surface area (Å²) in [4.78, 5) is 54.3. The van der Waals surface area contributed by atoms with E-state index in [4.69, 9.17) is 21.3 Å². The standard InChI is InChI=1S/C11H17N5O6.C6H3N3O7/c12-5-1-2-16(11(21)14-5)9-6(15-10(13)20)8(19)7(18)4(3-17)22-9;10-6-4(8(13)14)1-3(7(11)12)2-5(6)9(15)16/h1-2,4,6-9,17-19H,3H2,(H2,12,14,21)(H3,13,15,20);1-2,10H. The maximum absolute atomic E-state index is 11.9. The fourth-order valence-electron chi connectivity index (χ4n) is 3.25. The Hall–Kier alpha value is -4.99. The van der Waals surface area contributed by atoms with E-state index in [9.17, 15) is 55.3 Å². The van der Waals surface area contributed by atoms with Crippen molar-refractivity contribution in [3.8, 4) is 5.75 Å². The molecule has 1 aromatic heterocycles. The zero-order chi connectivity index (χ0) is 28.9. The van der Waals surface area contributed by atoms with Crippen LogP contribution in [0.4, 0.5) is 27.7 Å². The number of non-ortho nitro benzene ring substituents is 1. The minimum atomic E-state index is -1.52. The Bertz CT molecular complexity index is 1270. The van der Waals surface area contributed by atoms with Crippen LogP contribution in [0.5, 0.6) is 5.75 Å². The Labute approximate surface area is 208 Å². The van der Waals surface area contributed by atoms with E-state index in [0.717, 1.165) is 4.57 Å². The molecule has 1 saturated heterocycles. The van der Waals surface area contributed by atoms with E-state index in [0.29, 0.717) is 12.1 Å². The van der Waals surface area contributed by atoms with Crippen LogP contribution in [0.1, 0.15) is 6.23 Å². The first-order valence-electron chi connectivity index (χ1n) is 10.0. The minimum Gasteiger partial charge on any atom is -0.497 e. The number of aliphatic hydroxyl groups excluding tert-OH is 3. The number of nitro groups is 3. The van der Waals surface area contributed by atoms with Crippen molar-refractivity contribution >= 4 is 28.9 Å². The molecule has 1 aliphatic rings. The lowest BCUT2D eigenvalue weighted by molar-refractivity contribution is -0.404. The Balaban J connectivity index is 0.000000281. The second-order valence-corrected chi connectivity index (χ2v) is 7.41. The van der Waals surface area contributed by atoms with E-state index in [1.54, 1.807) is 0 Å². The molecule has 0 saturated carbocycles. The molecule has 0 aliphatic carbocycles. The van der Waals surface area contributed by atoms with Crippen molar-refractivity contribution in [3.05, 3.63) is 65.2 Å². The van der Waals surface area contributed by atoms with Gasteiger partial charge in [0.05, 0.1) is 33.5 Å². The molecule has 5 unspecified atom stereocenters. The van der Waals surface area contributed by atoms with Crippen LogP contribution in [-0.2, 0) is 4.74 Å². The van der Waals surface area contributed by atoms with Crippen molar-refractivity contribution in [2.45, 2.75) is 30.6 Å². The summed E-state index contributed by atoms with van der Waals surface area (Å²) in [5.41, 5.74) is 6.63. The Morgan fingerprint density at radius 1 is 1.11 bits per heavy atom. The van der Waals surface area contributed by atoms with Crippen LogP contribution >= 0.6 is 0 Å². The van der Waals surface area contributed by atoms with E-state index >= 15 is 0 Å². The summed E-state index contributed by atoms with van der Waals surface area (Å²) in [6.45, 7) is -0.602. The smallest absolute Gasteiger partial charge is 0.351 e. The number of nitrogens with zero attached hydrogens (tertiary/aromatic N) is 5. The molecule has 2 amide bonds. The molecule has 3 rings (SSSR count). The summed E-state index contributed by atoms with van der Waals surface area (Å²) in [7, 11) is 0. The molecule has 1 aromatic carbocycles. The van der Waals surface area contributed by atoms with Crippen LogP contribution in [0.15, 0.2) is 29.2 Å². The molecule has 206 valence electrons. The third-order valence-corrected chi connectivity index (χ3v) is 4.99. The molecular weight excluding hydrogens is 524 g/mol. The van der Waals surface area contributed by atoms with Crippen LogP contribution < -0.4 is 22.5 Å². The van der Waals surface area contributed by atoms with Crippen molar-refractivity contribution in [1.82, 2.24) is 14.9 Å². The van der Waals surface area contributed by atoms with Gasteiger partial charge in [-0.15, -0.1) is 0 Å². The van der Waals surface area contributed by atoms with Gasteiger partial charge in [0.1, 0.15) is 30.2 Å². The predicted octanol–water partition coefficient (Wildman–Crippen LogP) is -2.41. The van der Waals surface area contributed by atoms with Crippen LogP contribution in [0.3, 0.4) is 0 Å². The van der Waals surface area contributed by atoms with Gasteiger partial charge in [0, 0.05) is 6.20 Å². The molecule has 2 aromatic rings. The average Bonchev–Trinajstić information content (AvgIpc) is 2.82. The Morgan fingerprint density at radius 2 is 1.66 bits per heavy atom. The fraction of sp³-hybridized carbons (Fsp3) is 0.353. The lowest BCUT2D eigenvalue weighted by Crippen LogP contribution is -2.63. The van der Waals surface area contributed by atoms with Crippen LogP contribution in [0.25, 0.3) is 0 Å². The zero-order valence-electron chi connectivity index (χ0n) is 18.8. The first kappa shape index (κ1) is 29.2. The van der Waals surface area contributed by atoms with Crippen LogP contribution in [0, 0.1) is 30.3 Å². The van der Waals surface area contributed by atoms with Gasteiger partial charge >= 0.3 is 23.1 Å². The highest BCUT2D eigenvalue weighted by molar-refractivity contribution is 5.72. The number of nitrogen functional groups attached to an aromatic ring is 1. The van der Waals surface area contributed by atoms with Gasteiger partial charge in [0.25, 0.3) is 11.4 Å². The molecule has 1 aliphatic heterocycles. The van der Waals surface area contributed by atoms with Gasteiger partial charge in [-0.3, -0.25) is 34.9 Å². The van der Waals surface area contributed by atoms with Gasteiger partial charge in [-0.2, -0.15) is 4.98 Å². The quantitative estimate of drug-likeness (QED) is 0.147. The SMILES string of the molecule is NC(=O)NC1C(O)C(O)C(CO)OC1n1ccc(N)nc1=O.O=[N+]([O-])c1cc([N+](=O)[O-])c(O)c([N+](=O)[O-])c1. The molecule has 21 nitrogen and oxygen atoms in total. The number of amides is 2.